The molecule has 3 N–H and O–H groups in total. The molecule has 1 fully saturated rings. The topological polar surface area (TPSA) is 81.4 Å². The molecule has 0 radical (unpaired) electrons. The van der Waals surface area contributed by atoms with Gasteiger partial charge in [0.2, 0.25) is 0 Å². The van der Waals surface area contributed by atoms with Gasteiger partial charge in [-0.2, -0.15) is 13.1 Å². The number of methoxy groups -OCH3 is 1. The quantitative estimate of drug-likeness (QED) is 0.582. The Kier molecular flexibility index (Phi) is 2.48. The lowest BCUT2D eigenvalue weighted by Gasteiger charge is -2.33. The molecule has 0 bridgehead atoms. The Labute approximate surface area is 66.1 Å². The van der Waals surface area contributed by atoms with Crippen molar-refractivity contribution in [3.63, 3.8) is 0 Å². The molecule has 0 amide bonds. The second-order valence-corrected chi connectivity index (χ2v) is 4.01. The molecule has 0 atom stereocenters. The highest BCUT2D eigenvalue weighted by Crippen LogP contribution is 2.22. The molecule has 66 valence electrons. The number of hydrogen-bond donors (Lipinski definition) is 2. The Bertz CT molecular complexity index is 220. The van der Waals surface area contributed by atoms with Crippen LogP contribution in [0, 0.1) is 0 Å². The molecular weight excluding hydrogens is 168 g/mol. The Hall–Kier alpha value is -0.170. The van der Waals surface area contributed by atoms with Crippen LogP contribution in [0.25, 0.3) is 0 Å². The van der Waals surface area contributed by atoms with Crippen molar-refractivity contribution in [2.75, 3.05) is 7.11 Å². The fourth-order valence-corrected chi connectivity index (χ4v) is 1.74. The van der Waals surface area contributed by atoms with Gasteiger partial charge in [0.05, 0.1) is 6.10 Å². The van der Waals surface area contributed by atoms with Crippen molar-refractivity contribution in [1.82, 2.24) is 4.72 Å². The Balaban J connectivity index is 2.24. The molecule has 5 nitrogen and oxygen atoms in total. The first-order chi connectivity index (χ1) is 5.01. The zero-order valence-electron chi connectivity index (χ0n) is 6.28. The van der Waals surface area contributed by atoms with Crippen LogP contribution in [0.2, 0.25) is 0 Å². The average Bonchev–Trinajstić information content (AvgIpc) is 1.75. The fourth-order valence-electron chi connectivity index (χ4n) is 1.09. The maximum absolute atomic E-state index is 10.5. The first-order valence-electron chi connectivity index (χ1n) is 3.34. The smallest absolute Gasteiger partial charge is 0.274 e. The Morgan fingerprint density at radius 1 is 1.55 bits per heavy atom. The highest BCUT2D eigenvalue weighted by atomic mass is 32.2. The molecule has 0 unspecified atom stereocenters. The van der Waals surface area contributed by atoms with Gasteiger partial charge in [-0.25, -0.2) is 5.14 Å². The van der Waals surface area contributed by atoms with E-state index in [2.05, 4.69) is 4.72 Å². The molecule has 1 aliphatic rings. The third-order valence-electron chi connectivity index (χ3n) is 1.76. The van der Waals surface area contributed by atoms with Gasteiger partial charge in [0.25, 0.3) is 10.2 Å². The maximum Gasteiger partial charge on any atom is 0.274 e. The zero-order valence-corrected chi connectivity index (χ0v) is 7.10. The summed E-state index contributed by atoms with van der Waals surface area (Å²) < 4.78 is 28.2. The van der Waals surface area contributed by atoms with Crippen molar-refractivity contribution in [1.29, 1.82) is 0 Å². The van der Waals surface area contributed by atoms with E-state index in [0.717, 1.165) is 0 Å². The van der Waals surface area contributed by atoms with Crippen LogP contribution in [0.1, 0.15) is 12.8 Å². The SMILES string of the molecule is COC1CC(NS(N)(=O)=O)C1. The van der Waals surface area contributed by atoms with E-state index in [1.165, 1.54) is 0 Å². The highest BCUT2D eigenvalue weighted by molar-refractivity contribution is 7.87. The van der Waals surface area contributed by atoms with Crippen LogP contribution >= 0.6 is 0 Å². The van der Waals surface area contributed by atoms with E-state index in [9.17, 15) is 8.42 Å². The van der Waals surface area contributed by atoms with E-state index in [4.69, 9.17) is 9.88 Å². The predicted molar refractivity (Wildman–Crippen MR) is 40.1 cm³/mol. The van der Waals surface area contributed by atoms with Gasteiger partial charge in [0.15, 0.2) is 0 Å². The normalized spacial score (nSPS) is 31.5. The maximum atomic E-state index is 10.5. The molecule has 11 heavy (non-hydrogen) atoms. The first-order valence-corrected chi connectivity index (χ1v) is 4.89. The standard InChI is InChI=1S/C5H12N2O3S/c1-10-5-2-4(3-5)7-11(6,8)9/h4-5,7H,2-3H2,1H3,(H2,6,8,9). The van der Waals surface area contributed by atoms with Crippen LogP contribution in [-0.4, -0.2) is 27.7 Å². The summed E-state index contributed by atoms with van der Waals surface area (Å²) in [6.07, 6.45) is 1.62. The summed E-state index contributed by atoms with van der Waals surface area (Å²) in [5.74, 6) is 0. The van der Waals surface area contributed by atoms with Gasteiger partial charge in [0, 0.05) is 13.2 Å². The van der Waals surface area contributed by atoms with Gasteiger partial charge >= 0.3 is 0 Å². The van der Waals surface area contributed by atoms with Crippen LogP contribution in [0.5, 0.6) is 0 Å². The molecule has 0 heterocycles. The number of nitrogens with two attached hydrogens (primary N) is 1. The third-order valence-corrected chi connectivity index (χ3v) is 2.42. The Morgan fingerprint density at radius 2 is 2.09 bits per heavy atom. The number of hydrogen-bond acceptors (Lipinski definition) is 3. The lowest BCUT2D eigenvalue weighted by atomic mass is 9.90. The predicted octanol–water partition coefficient (Wildman–Crippen LogP) is -1.04. The average molecular weight is 180 g/mol. The van der Waals surface area contributed by atoms with Crippen LogP contribution in [0.15, 0.2) is 0 Å². The first kappa shape index (κ1) is 8.92. The summed E-state index contributed by atoms with van der Waals surface area (Å²) in [5, 5.41) is 4.75. The second-order valence-electron chi connectivity index (χ2n) is 2.69. The van der Waals surface area contributed by atoms with E-state index in [1.807, 2.05) is 0 Å². The number of ether oxygens (including phenoxy) is 1. The summed E-state index contributed by atoms with van der Waals surface area (Å²) >= 11 is 0. The second kappa shape index (κ2) is 3.06. The van der Waals surface area contributed by atoms with Crippen molar-refractivity contribution >= 4 is 10.2 Å². The minimum Gasteiger partial charge on any atom is -0.381 e. The van der Waals surface area contributed by atoms with Crippen molar-refractivity contribution in [3.8, 4) is 0 Å². The van der Waals surface area contributed by atoms with E-state index in [0.29, 0.717) is 12.8 Å². The molecule has 0 aromatic heterocycles. The zero-order chi connectivity index (χ0) is 8.48. The minimum absolute atomic E-state index is 0.0325. The Morgan fingerprint density at radius 3 is 2.45 bits per heavy atom. The van der Waals surface area contributed by atoms with Crippen molar-refractivity contribution in [3.05, 3.63) is 0 Å². The van der Waals surface area contributed by atoms with Crippen LogP contribution in [-0.2, 0) is 14.9 Å². The molecule has 1 saturated carbocycles. The van der Waals surface area contributed by atoms with Crippen molar-refractivity contribution < 1.29 is 13.2 Å². The molecule has 6 heteroatoms. The van der Waals surface area contributed by atoms with Crippen LogP contribution < -0.4 is 9.86 Å². The lowest BCUT2D eigenvalue weighted by Crippen LogP contribution is -2.49. The van der Waals surface area contributed by atoms with Gasteiger partial charge in [-0.15, -0.1) is 0 Å². The van der Waals surface area contributed by atoms with Gasteiger partial charge in [0.1, 0.15) is 0 Å². The molecule has 1 rings (SSSR count). The summed E-state index contributed by atoms with van der Waals surface area (Å²) in [4.78, 5) is 0. The third kappa shape index (κ3) is 2.74. The largest absolute Gasteiger partial charge is 0.381 e. The highest BCUT2D eigenvalue weighted by Gasteiger charge is 2.30. The van der Waals surface area contributed by atoms with Gasteiger partial charge in [-0.1, -0.05) is 0 Å². The van der Waals surface area contributed by atoms with Crippen molar-refractivity contribution in [2.45, 2.75) is 25.0 Å². The summed E-state index contributed by atoms with van der Waals surface area (Å²) in [6, 6.07) is -0.0325. The molecule has 0 spiro atoms. The van der Waals surface area contributed by atoms with Gasteiger partial charge in [-0.05, 0) is 12.8 Å². The molecule has 0 saturated heterocycles. The summed E-state index contributed by atoms with van der Waals surface area (Å²) in [6.45, 7) is 0. The van der Waals surface area contributed by atoms with Crippen LogP contribution in [0.4, 0.5) is 0 Å². The molecular formula is C5H12N2O3S. The molecule has 1 aliphatic carbocycles. The lowest BCUT2D eigenvalue weighted by molar-refractivity contribution is 0.0236. The molecule has 0 aromatic carbocycles. The molecule has 0 aliphatic heterocycles. The minimum atomic E-state index is -3.52. The van der Waals surface area contributed by atoms with E-state index < -0.39 is 10.2 Å². The summed E-state index contributed by atoms with van der Waals surface area (Å²) in [5.41, 5.74) is 0. The monoisotopic (exact) mass is 180 g/mol. The molecule has 0 aromatic rings. The number of rotatable bonds is 3. The van der Waals surface area contributed by atoms with Crippen molar-refractivity contribution in [2.24, 2.45) is 5.14 Å². The van der Waals surface area contributed by atoms with Gasteiger partial charge in [-0.3, -0.25) is 0 Å². The summed E-state index contributed by atoms with van der Waals surface area (Å²) in [7, 11) is -1.91. The van der Waals surface area contributed by atoms with E-state index in [-0.39, 0.29) is 12.1 Å². The fraction of sp³-hybridized carbons (Fsp3) is 1.00. The van der Waals surface area contributed by atoms with Crippen LogP contribution in [0.3, 0.4) is 0 Å². The van der Waals surface area contributed by atoms with E-state index in [1.54, 1.807) is 7.11 Å². The number of nitrogens with one attached hydrogen (secondary N) is 1. The van der Waals surface area contributed by atoms with E-state index >= 15 is 0 Å². The van der Waals surface area contributed by atoms with Gasteiger partial charge < -0.3 is 4.74 Å².